The highest BCUT2D eigenvalue weighted by atomic mass is 79.9. The largest absolute Gasteiger partial charge is 1.00 e. The number of nitrogens with two attached hydrogens (primary N) is 1. The Morgan fingerprint density at radius 1 is 1.55 bits per heavy atom. The van der Waals surface area contributed by atoms with Gasteiger partial charge in [-0.1, -0.05) is 0 Å². The van der Waals surface area contributed by atoms with Gasteiger partial charge in [-0.3, -0.25) is 5.32 Å². The Hall–Kier alpha value is 0.900. The number of hydrogen-bond acceptors (Lipinski definition) is 2. The van der Waals surface area contributed by atoms with E-state index in [0.29, 0.717) is 0 Å². The van der Waals surface area contributed by atoms with Gasteiger partial charge in [0.2, 0.25) is 0 Å². The standard InChI is InChI=1S/C5H11N3S.2BrH/c6-1-4-9-5-7-2-3-8-5;;/h1-4,6H2,(H,7,8);2*1H. The lowest BCUT2D eigenvalue weighted by Gasteiger charge is -1.90. The van der Waals surface area contributed by atoms with Gasteiger partial charge in [0.05, 0.1) is 18.8 Å². The average molecular weight is 307 g/mol. The van der Waals surface area contributed by atoms with Crippen molar-refractivity contribution >= 4 is 16.9 Å². The SMILES string of the molecule is [Br-].[Br-].[NH3+]CCSC1=NCC[NH2+]1. The average Bonchev–Trinajstić information content (AvgIpc) is 2.34. The highest BCUT2D eigenvalue weighted by Crippen LogP contribution is 1.97. The van der Waals surface area contributed by atoms with Crippen LogP contribution in [-0.4, -0.2) is 30.6 Å². The van der Waals surface area contributed by atoms with E-state index < -0.39 is 0 Å². The van der Waals surface area contributed by atoms with Gasteiger partial charge in [-0.25, -0.2) is 4.99 Å². The lowest BCUT2D eigenvalue weighted by molar-refractivity contribution is -0.522. The van der Waals surface area contributed by atoms with Gasteiger partial charge in [-0.2, -0.15) is 0 Å². The molecule has 0 saturated carbocycles. The van der Waals surface area contributed by atoms with Crippen LogP contribution in [0.2, 0.25) is 0 Å². The molecule has 1 rings (SSSR count). The van der Waals surface area contributed by atoms with Crippen molar-refractivity contribution in [2.24, 2.45) is 4.99 Å². The van der Waals surface area contributed by atoms with Crippen molar-refractivity contribution in [3.63, 3.8) is 0 Å². The maximum Gasteiger partial charge on any atom is 0.256 e. The third-order valence-electron chi connectivity index (χ3n) is 1.11. The molecule has 1 aliphatic heterocycles. The van der Waals surface area contributed by atoms with Crippen LogP contribution in [0, 0.1) is 0 Å². The predicted octanol–water partition coefficient (Wildman–Crippen LogP) is -8.10. The number of thioether (sulfide) groups is 1. The van der Waals surface area contributed by atoms with Gasteiger partial charge < -0.3 is 39.7 Å². The lowest BCUT2D eigenvalue weighted by atomic mass is 10.7. The van der Waals surface area contributed by atoms with Gasteiger partial charge in [0.15, 0.2) is 0 Å². The molecule has 1 heterocycles. The first-order chi connectivity index (χ1) is 4.43. The lowest BCUT2D eigenvalue weighted by Crippen LogP contribution is -3.00. The number of rotatable bonds is 2. The molecule has 3 nitrogen and oxygen atoms in total. The molecule has 5 N–H and O–H groups in total. The smallest absolute Gasteiger partial charge is 0.256 e. The van der Waals surface area contributed by atoms with E-state index in [1.807, 2.05) is 11.8 Å². The van der Waals surface area contributed by atoms with Crippen LogP contribution in [0.25, 0.3) is 0 Å². The number of hydrogen-bond donors (Lipinski definition) is 2. The molecule has 68 valence electrons. The van der Waals surface area contributed by atoms with Gasteiger partial charge in [0.1, 0.15) is 6.54 Å². The molecule has 0 aromatic carbocycles. The molecule has 0 fully saturated rings. The molecule has 0 bridgehead atoms. The molecule has 0 saturated heterocycles. The third kappa shape index (κ3) is 6.10. The number of amidine groups is 1. The van der Waals surface area contributed by atoms with Gasteiger partial charge in [-0.05, 0) is 11.8 Å². The Morgan fingerprint density at radius 2 is 2.27 bits per heavy atom. The first-order valence-corrected chi connectivity index (χ1v) is 4.22. The molecule has 11 heavy (non-hydrogen) atoms. The van der Waals surface area contributed by atoms with E-state index in [9.17, 15) is 0 Å². The second-order valence-corrected chi connectivity index (χ2v) is 3.03. The van der Waals surface area contributed by atoms with Crippen LogP contribution < -0.4 is 45.0 Å². The highest BCUT2D eigenvalue weighted by molar-refractivity contribution is 8.13. The fourth-order valence-electron chi connectivity index (χ4n) is 0.709. The number of halogens is 2. The summed E-state index contributed by atoms with van der Waals surface area (Å²) in [6, 6.07) is 0. The molecule has 0 atom stereocenters. The van der Waals surface area contributed by atoms with Crippen LogP contribution in [-0.2, 0) is 0 Å². The summed E-state index contributed by atoms with van der Waals surface area (Å²) >= 11 is 1.82. The minimum absolute atomic E-state index is 0. The van der Waals surface area contributed by atoms with E-state index in [2.05, 4.69) is 16.0 Å². The van der Waals surface area contributed by atoms with Crippen molar-refractivity contribution in [2.75, 3.05) is 25.4 Å². The molecular weight excluding hydrogens is 294 g/mol. The van der Waals surface area contributed by atoms with Gasteiger partial charge in [-0.15, -0.1) is 0 Å². The minimum atomic E-state index is 0. The third-order valence-corrected chi connectivity index (χ3v) is 2.19. The van der Waals surface area contributed by atoms with Crippen LogP contribution in [0.1, 0.15) is 0 Å². The zero-order valence-electron chi connectivity index (χ0n) is 6.22. The normalized spacial score (nSPS) is 14.8. The summed E-state index contributed by atoms with van der Waals surface area (Å²) in [5.74, 6) is 1.11. The second-order valence-electron chi connectivity index (χ2n) is 1.91. The summed E-state index contributed by atoms with van der Waals surface area (Å²) in [5, 5.41) is 3.42. The van der Waals surface area contributed by atoms with E-state index in [4.69, 9.17) is 0 Å². The molecule has 0 aromatic rings. The van der Waals surface area contributed by atoms with Crippen LogP contribution in [0.3, 0.4) is 0 Å². The van der Waals surface area contributed by atoms with Crippen molar-refractivity contribution in [1.29, 1.82) is 0 Å². The topological polar surface area (TPSA) is 56.6 Å². The minimum Gasteiger partial charge on any atom is -1.00 e. The van der Waals surface area contributed by atoms with Gasteiger partial charge in [0.25, 0.3) is 5.17 Å². The summed E-state index contributed by atoms with van der Waals surface area (Å²) in [6.07, 6.45) is 0. The van der Waals surface area contributed by atoms with E-state index >= 15 is 0 Å². The van der Waals surface area contributed by atoms with Crippen molar-refractivity contribution in [3.8, 4) is 0 Å². The number of quaternary nitrogens is 2. The zero-order chi connectivity index (χ0) is 6.53. The summed E-state index contributed by atoms with van der Waals surface area (Å²) in [6.45, 7) is 3.14. The molecule has 6 heteroatoms. The molecule has 0 amide bonds. The Labute approximate surface area is 92.1 Å². The van der Waals surface area contributed by atoms with Crippen LogP contribution in [0.5, 0.6) is 0 Å². The molecule has 1 aliphatic rings. The highest BCUT2D eigenvalue weighted by Gasteiger charge is 2.09. The van der Waals surface area contributed by atoms with Gasteiger partial charge in [0, 0.05) is 0 Å². The van der Waals surface area contributed by atoms with Gasteiger partial charge >= 0.3 is 0 Å². The van der Waals surface area contributed by atoms with E-state index in [-0.39, 0.29) is 34.0 Å². The molecule has 0 spiro atoms. The van der Waals surface area contributed by atoms with E-state index in [0.717, 1.165) is 25.4 Å². The van der Waals surface area contributed by atoms with Crippen molar-refractivity contribution in [3.05, 3.63) is 0 Å². The molecule has 0 aliphatic carbocycles. The Kier molecular flexibility index (Phi) is 11.8. The Bertz CT molecular complexity index is 120. The summed E-state index contributed by atoms with van der Waals surface area (Å²) in [4.78, 5) is 4.27. The first-order valence-electron chi connectivity index (χ1n) is 3.23. The first kappa shape index (κ1) is 14.4. The van der Waals surface area contributed by atoms with Crippen molar-refractivity contribution < 1.29 is 45.0 Å². The molecule has 0 unspecified atom stereocenters. The molecule has 0 radical (unpaired) electrons. The summed E-state index contributed by atoms with van der Waals surface area (Å²) in [5.41, 5.74) is 3.76. The van der Waals surface area contributed by atoms with Crippen LogP contribution in [0.15, 0.2) is 4.99 Å². The second kappa shape index (κ2) is 8.99. The Morgan fingerprint density at radius 3 is 2.73 bits per heavy atom. The van der Waals surface area contributed by atoms with Crippen LogP contribution in [0.4, 0.5) is 0 Å². The molecular formula is C5H13Br2N3S. The predicted molar refractivity (Wildman–Crippen MR) is 39.3 cm³/mol. The van der Waals surface area contributed by atoms with Crippen molar-refractivity contribution in [2.45, 2.75) is 0 Å². The number of nitrogens with zero attached hydrogens (tertiary/aromatic N) is 1. The maximum atomic E-state index is 4.27. The Balaban J connectivity index is 0. The zero-order valence-corrected chi connectivity index (χ0v) is 10.2. The van der Waals surface area contributed by atoms with Crippen molar-refractivity contribution in [1.82, 2.24) is 0 Å². The fraction of sp³-hybridized carbons (Fsp3) is 0.800. The fourth-order valence-corrected chi connectivity index (χ4v) is 1.48. The number of aliphatic imine (C=N–C) groups is 1. The molecule has 0 aromatic heterocycles. The van der Waals surface area contributed by atoms with E-state index in [1.54, 1.807) is 0 Å². The maximum absolute atomic E-state index is 4.27. The quantitative estimate of drug-likeness (QED) is 0.523. The summed E-state index contributed by atoms with van der Waals surface area (Å²) in [7, 11) is 0. The van der Waals surface area contributed by atoms with Crippen LogP contribution >= 0.6 is 11.8 Å². The summed E-state index contributed by atoms with van der Waals surface area (Å²) < 4.78 is 0. The van der Waals surface area contributed by atoms with E-state index in [1.165, 1.54) is 5.17 Å². The monoisotopic (exact) mass is 305 g/mol.